The Hall–Kier alpha value is -2.25. The van der Waals surface area contributed by atoms with Crippen LogP contribution in [0.1, 0.15) is 41.5 Å². The molecule has 0 aromatic heterocycles. The molecule has 36 heavy (non-hydrogen) atoms. The monoisotopic (exact) mass is 616 g/mol. The van der Waals surface area contributed by atoms with Crippen LogP contribution < -0.4 is 21.7 Å². The van der Waals surface area contributed by atoms with E-state index in [1.54, 1.807) is 26.2 Å². The van der Waals surface area contributed by atoms with Crippen LogP contribution in [-0.4, -0.2) is 36.0 Å². The van der Waals surface area contributed by atoms with Gasteiger partial charge in [-0.15, -0.1) is 0 Å². The first kappa shape index (κ1) is 35.9. The van der Waals surface area contributed by atoms with Crippen LogP contribution in [0.3, 0.4) is 0 Å². The Labute approximate surface area is 245 Å². The minimum absolute atomic E-state index is 0. The maximum absolute atomic E-state index is 11.8. The molecule has 0 aromatic carbocycles. The Balaban J connectivity index is 0. The summed E-state index contributed by atoms with van der Waals surface area (Å²) in [5.41, 5.74) is 18.1. The molecule has 0 aromatic rings. The van der Waals surface area contributed by atoms with E-state index in [0.717, 1.165) is 33.7 Å². The zero-order chi connectivity index (χ0) is 26.0. The summed E-state index contributed by atoms with van der Waals surface area (Å²) in [5, 5.41) is 0.696. The molecule has 0 radical (unpaired) electrons. The normalized spacial score (nSPS) is 18.4. The van der Waals surface area contributed by atoms with Crippen molar-refractivity contribution in [3.05, 3.63) is 69.1 Å². The number of hydrazine groups is 2. The third kappa shape index (κ3) is 11.2. The van der Waals surface area contributed by atoms with Crippen LogP contribution in [0.25, 0.3) is 0 Å². The fourth-order valence-electron chi connectivity index (χ4n) is 2.71. The van der Waals surface area contributed by atoms with E-state index in [1.807, 2.05) is 53.7 Å². The van der Waals surface area contributed by atoms with Gasteiger partial charge >= 0.3 is 0 Å². The van der Waals surface area contributed by atoms with Gasteiger partial charge in [-0.25, -0.2) is 0 Å². The zero-order valence-corrected chi connectivity index (χ0v) is 25.1. The van der Waals surface area contributed by atoms with Crippen LogP contribution in [0.15, 0.2) is 79.1 Å². The largest absolute Gasteiger partial charge is 0.741 e. The molecule has 0 saturated carbocycles. The third-order valence-corrected chi connectivity index (χ3v) is 5.69. The number of carbonyl (C=O) groups excluding carboxylic acids is 2. The number of nitrogens with zero attached hydrogens (tertiary/aromatic N) is 2. The molecule has 0 fully saturated rings. The van der Waals surface area contributed by atoms with Crippen molar-refractivity contribution in [3.8, 4) is 0 Å². The van der Waals surface area contributed by atoms with Crippen molar-refractivity contribution in [2.45, 2.75) is 41.5 Å². The van der Waals surface area contributed by atoms with Crippen molar-refractivity contribution >= 4 is 47.2 Å². The van der Waals surface area contributed by atoms with Gasteiger partial charge in [-0.05, 0) is 98.5 Å². The summed E-state index contributed by atoms with van der Waals surface area (Å²) in [5.74, 6) is -0.00138. The van der Waals surface area contributed by atoms with Crippen molar-refractivity contribution < 1.29 is 42.6 Å². The topological polar surface area (TPSA) is 107 Å². The first-order valence-electron chi connectivity index (χ1n) is 10.5. The maximum atomic E-state index is 11.8. The summed E-state index contributed by atoms with van der Waals surface area (Å²) in [6.45, 7) is 11.4. The molecule has 0 amide bonds. The van der Waals surface area contributed by atoms with Gasteiger partial charge in [-0.1, -0.05) is 0 Å². The predicted octanol–water partition coefficient (Wildman–Crippen LogP) is 2.72. The Morgan fingerprint density at radius 1 is 0.611 bits per heavy atom. The van der Waals surface area contributed by atoms with Crippen LogP contribution in [0.4, 0.5) is 0 Å². The summed E-state index contributed by atoms with van der Waals surface area (Å²) in [6.07, 6.45) is 7.01. The molecular formula is C24H32N6Ni2O2S2-2. The summed E-state index contributed by atoms with van der Waals surface area (Å²) in [4.78, 5) is 31.2. The van der Waals surface area contributed by atoms with Crippen molar-refractivity contribution in [3.63, 3.8) is 0 Å². The number of carbonyl (C=O) groups is 2. The fraction of sp³-hybridized carbons (Fsp3) is 0.333. The molecule has 0 spiro atoms. The number of nitrogens with one attached hydrogen (secondary N) is 4. The van der Waals surface area contributed by atoms with Gasteiger partial charge in [0.1, 0.15) is 0 Å². The Bertz CT molecular complexity index is 1010. The van der Waals surface area contributed by atoms with Gasteiger partial charge < -0.3 is 47.0 Å². The molecule has 0 aliphatic heterocycles. The van der Waals surface area contributed by atoms with Crippen molar-refractivity contribution in [2.24, 2.45) is 9.98 Å². The average molecular weight is 618 g/mol. The molecule has 0 bridgehead atoms. The van der Waals surface area contributed by atoms with Crippen LogP contribution in [0, 0.1) is 0 Å². The standard InChI is InChI=1S/2C12H17N3OS.2Ni/c2*1-7-5-10(11(16)6-8(7)2)9(3)14-15-12(17)13-4;;/h2*5-6,14H,1-4H3,(H2,13,15,17);;/p-2/b2*10-9-;;. The van der Waals surface area contributed by atoms with Crippen molar-refractivity contribution in [1.29, 1.82) is 0 Å². The molecule has 2 aliphatic rings. The second-order valence-electron chi connectivity index (χ2n) is 7.67. The van der Waals surface area contributed by atoms with E-state index in [1.165, 1.54) is 0 Å². The maximum Gasteiger partial charge on any atom is 0.187 e. The van der Waals surface area contributed by atoms with E-state index in [4.69, 9.17) is 25.3 Å². The van der Waals surface area contributed by atoms with Gasteiger partial charge in [0.15, 0.2) is 11.6 Å². The van der Waals surface area contributed by atoms with Crippen LogP contribution in [0.2, 0.25) is 0 Å². The van der Waals surface area contributed by atoms with Crippen LogP contribution in [-0.2, 0) is 67.8 Å². The SMILES string of the molecule is CN=C([S-])NN/C(C)=C1/C=C(C)C(C)=CC1=O.CN=C([S-])NN/C(C)=C1/C=C(C)C(C)=CC1=O.[Ni].[Ni]. The Morgan fingerprint density at radius 2 is 0.889 bits per heavy atom. The molecule has 0 atom stereocenters. The van der Waals surface area contributed by atoms with Gasteiger partial charge in [0.2, 0.25) is 0 Å². The molecule has 12 heteroatoms. The number of amidine groups is 2. The molecule has 0 saturated heterocycles. The number of aliphatic imine (C=N–C) groups is 2. The average Bonchev–Trinajstić information content (AvgIpc) is 2.80. The van der Waals surface area contributed by atoms with E-state index >= 15 is 0 Å². The van der Waals surface area contributed by atoms with E-state index < -0.39 is 0 Å². The first-order chi connectivity index (χ1) is 15.9. The Morgan fingerprint density at radius 3 is 1.17 bits per heavy atom. The summed E-state index contributed by atoms with van der Waals surface area (Å²) < 4.78 is 0. The van der Waals surface area contributed by atoms with Crippen molar-refractivity contribution in [1.82, 2.24) is 21.7 Å². The second-order valence-corrected chi connectivity index (χ2v) is 8.45. The third-order valence-electron chi connectivity index (χ3n) is 5.12. The van der Waals surface area contributed by atoms with E-state index in [0.29, 0.717) is 21.5 Å². The second kappa shape index (κ2) is 17.2. The van der Waals surface area contributed by atoms with E-state index in [2.05, 4.69) is 31.7 Å². The van der Waals surface area contributed by atoms with Gasteiger partial charge in [0, 0.05) is 69.6 Å². The molecule has 0 unspecified atom stereocenters. The molecule has 2 aliphatic carbocycles. The predicted molar refractivity (Wildman–Crippen MR) is 144 cm³/mol. The number of allylic oxidation sites excluding steroid dienone is 12. The summed E-state index contributed by atoms with van der Waals surface area (Å²) in [6, 6.07) is 0. The number of rotatable bonds is 4. The van der Waals surface area contributed by atoms with Crippen molar-refractivity contribution in [2.75, 3.05) is 14.1 Å². The molecule has 0 heterocycles. The molecule has 204 valence electrons. The molecule has 4 N–H and O–H groups in total. The molecule has 2 rings (SSSR count). The quantitative estimate of drug-likeness (QED) is 0.0953. The fourth-order valence-corrected chi connectivity index (χ4v) is 2.81. The van der Waals surface area contributed by atoms with E-state index in [9.17, 15) is 9.59 Å². The number of hydrogen-bond donors (Lipinski definition) is 4. The summed E-state index contributed by atoms with van der Waals surface area (Å²) in [7, 11) is 3.20. The Kier molecular flexibility index (Phi) is 17.2. The smallest absolute Gasteiger partial charge is 0.187 e. The van der Waals surface area contributed by atoms with Gasteiger partial charge in [0.25, 0.3) is 0 Å². The summed E-state index contributed by atoms with van der Waals surface area (Å²) >= 11 is 9.74. The van der Waals surface area contributed by atoms with Crippen LogP contribution in [0.5, 0.6) is 0 Å². The van der Waals surface area contributed by atoms with Gasteiger partial charge in [0.05, 0.1) is 0 Å². The van der Waals surface area contributed by atoms with Gasteiger partial charge in [-0.2, -0.15) is 0 Å². The number of hydrogen-bond acceptors (Lipinski definition) is 8. The van der Waals surface area contributed by atoms with E-state index in [-0.39, 0.29) is 44.5 Å². The minimum Gasteiger partial charge on any atom is -0.741 e. The molecule has 8 nitrogen and oxygen atoms in total. The molecular weight excluding hydrogens is 586 g/mol. The van der Waals surface area contributed by atoms with Crippen LogP contribution >= 0.6 is 0 Å². The first-order valence-corrected chi connectivity index (χ1v) is 11.3. The minimum atomic E-state index is -0.000689. The zero-order valence-electron chi connectivity index (χ0n) is 21.5. The number of ketones is 2. The van der Waals surface area contributed by atoms with Gasteiger partial charge in [-0.3, -0.25) is 19.6 Å².